The molecular weight excluding hydrogens is 645 g/mol. The maximum atomic E-state index is 14.3. The Morgan fingerprint density at radius 3 is 2.22 bits per heavy atom. The zero-order valence-electron chi connectivity index (χ0n) is 27.5. The van der Waals surface area contributed by atoms with Gasteiger partial charge in [-0.15, -0.1) is 0 Å². The molecule has 1 aliphatic carbocycles. The fourth-order valence-electron chi connectivity index (χ4n) is 6.99. The van der Waals surface area contributed by atoms with E-state index in [1.54, 1.807) is 29.2 Å². The fourth-order valence-corrected chi connectivity index (χ4v) is 6.99. The summed E-state index contributed by atoms with van der Waals surface area (Å²) in [6, 6.07) is 25.3. The van der Waals surface area contributed by atoms with Gasteiger partial charge in [-0.3, -0.25) is 14.4 Å². The third-order valence-electron chi connectivity index (χ3n) is 9.65. The van der Waals surface area contributed by atoms with Gasteiger partial charge in [0, 0.05) is 13.0 Å². The van der Waals surface area contributed by atoms with Crippen LogP contribution in [0.3, 0.4) is 0 Å². The molecule has 0 aromatic heterocycles. The molecule has 0 bridgehead atoms. The Morgan fingerprint density at radius 1 is 0.880 bits per heavy atom. The van der Waals surface area contributed by atoms with Crippen LogP contribution in [0.15, 0.2) is 97.1 Å². The van der Waals surface area contributed by atoms with Gasteiger partial charge in [-0.1, -0.05) is 85.6 Å². The predicted molar refractivity (Wildman–Crippen MR) is 182 cm³/mol. The Labute approximate surface area is 289 Å². The van der Waals surface area contributed by atoms with E-state index in [9.17, 15) is 32.7 Å². The summed E-state index contributed by atoms with van der Waals surface area (Å²) in [6.07, 6.45) is 0.140. The number of fused-ring (bicyclic) bond motifs is 1. The molecule has 0 spiro atoms. The summed E-state index contributed by atoms with van der Waals surface area (Å²) in [5, 5.41) is 12.8. The minimum absolute atomic E-state index is 0.00221. The highest BCUT2D eigenvalue weighted by Gasteiger charge is 2.38. The maximum absolute atomic E-state index is 14.3. The molecule has 10 heteroatoms. The normalized spacial score (nSPS) is 16.8. The average Bonchev–Trinajstić information content (AvgIpc) is 3.63. The molecular formula is C40H39F3N2O5. The van der Waals surface area contributed by atoms with Crippen molar-refractivity contribution in [1.29, 1.82) is 0 Å². The molecule has 2 N–H and O–H groups in total. The van der Waals surface area contributed by atoms with E-state index in [1.807, 2.05) is 48.5 Å². The Bertz CT molecular complexity index is 1800. The fraction of sp³-hybridized carbons (Fsp3) is 0.325. The number of carboxylic acid groups (broad SMARTS) is 1. The van der Waals surface area contributed by atoms with Gasteiger partial charge in [0.15, 0.2) is 0 Å². The summed E-state index contributed by atoms with van der Waals surface area (Å²) >= 11 is 0. The lowest BCUT2D eigenvalue weighted by Gasteiger charge is -2.38. The van der Waals surface area contributed by atoms with Crippen LogP contribution in [0.5, 0.6) is 5.75 Å². The van der Waals surface area contributed by atoms with Gasteiger partial charge in [-0.25, -0.2) is 0 Å². The van der Waals surface area contributed by atoms with E-state index in [1.165, 1.54) is 12.1 Å². The number of hydrogen-bond acceptors (Lipinski definition) is 4. The summed E-state index contributed by atoms with van der Waals surface area (Å²) in [4.78, 5) is 41.8. The first-order chi connectivity index (χ1) is 24.0. The highest BCUT2D eigenvalue weighted by molar-refractivity contribution is 5.90. The average molecular weight is 685 g/mol. The van der Waals surface area contributed by atoms with Crippen LogP contribution in [-0.4, -0.2) is 34.3 Å². The summed E-state index contributed by atoms with van der Waals surface area (Å²) in [5.41, 5.74) is 3.79. The Morgan fingerprint density at radius 2 is 1.56 bits per heavy atom. The van der Waals surface area contributed by atoms with Crippen molar-refractivity contribution in [2.75, 3.05) is 6.54 Å². The second kappa shape index (κ2) is 15.2. The first-order valence-corrected chi connectivity index (χ1v) is 16.9. The van der Waals surface area contributed by atoms with Gasteiger partial charge in [0.05, 0.1) is 18.0 Å². The lowest BCUT2D eigenvalue weighted by atomic mass is 9.90. The number of rotatable bonds is 11. The highest BCUT2D eigenvalue weighted by Crippen LogP contribution is 2.37. The summed E-state index contributed by atoms with van der Waals surface area (Å²) in [5.74, 6) is -1.05. The molecule has 7 nitrogen and oxygen atoms in total. The minimum Gasteiger partial charge on any atom is -0.489 e. The first kappa shape index (κ1) is 34.7. The molecule has 4 aromatic carbocycles. The molecule has 0 saturated heterocycles. The molecule has 1 heterocycles. The lowest BCUT2D eigenvalue weighted by Crippen LogP contribution is -2.48. The van der Waals surface area contributed by atoms with E-state index >= 15 is 0 Å². The van der Waals surface area contributed by atoms with Gasteiger partial charge in [-0.05, 0) is 82.8 Å². The van der Waals surface area contributed by atoms with Crippen molar-refractivity contribution in [2.24, 2.45) is 5.92 Å². The van der Waals surface area contributed by atoms with Crippen molar-refractivity contribution in [1.82, 2.24) is 10.2 Å². The lowest BCUT2D eigenvalue weighted by molar-refractivity contribution is -0.143. The highest BCUT2D eigenvalue weighted by atomic mass is 19.4. The third kappa shape index (κ3) is 8.35. The van der Waals surface area contributed by atoms with Crippen LogP contribution >= 0.6 is 0 Å². The summed E-state index contributed by atoms with van der Waals surface area (Å²) in [7, 11) is 0. The third-order valence-corrected chi connectivity index (χ3v) is 9.65. The number of carboxylic acids is 1. The molecule has 2 atom stereocenters. The first-order valence-electron chi connectivity index (χ1n) is 16.9. The monoisotopic (exact) mass is 684 g/mol. The standard InChI is InChI=1S/C40H39F3N2O5/c41-40(42,43)32-17-10-27(11-18-32)25-50-33-19-16-30-20-21-45(36(46)22-26-6-4-5-7-26)38(34(30)23-33)39(49)44-35(24-37(47)48)31-14-12-29(13-15-31)28-8-2-1-3-9-28/h1-3,8-19,23,26,35,38H,4-7,20-22,24-25H2,(H,44,49)(H,47,48). The predicted octanol–water partition coefficient (Wildman–Crippen LogP) is 8.29. The van der Waals surface area contributed by atoms with E-state index in [2.05, 4.69) is 5.32 Å². The minimum atomic E-state index is -4.44. The number of nitrogens with one attached hydrogen (secondary N) is 1. The molecule has 1 aliphatic heterocycles. The van der Waals surface area contributed by atoms with E-state index in [-0.39, 0.29) is 24.9 Å². The number of carbonyl (C=O) groups excluding carboxylic acids is 2. The molecule has 50 heavy (non-hydrogen) atoms. The number of alkyl halides is 3. The summed E-state index contributed by atoms with van der Waals surface area (Å²) in [6.45, 7) is 0.329. The van der Waals surface area contributed by atoms with E-state index in [4.69, 9.17) is 4.74 Å². The van der Waals surface area contributed by atoms with E-state index in [0.29, 0.717) is 41.8 Å². The number of hydrogen-bond donors (Lipinski definition) is 2. The van der Waals surface area contributed by atoms with Crippen molar-refractivity contribution < 1.29 is 37.4 Å². The number of amides is 2. The molecule has 1 saturated carbocycles. The second-order valence-corrected chi connectivity index (χ2v) is 13.1. The number of aliphatic carboxylic acids is 1. The SMILES string of the molecule is O=C(O)CC(NC(=O)C1c2cc(OCc3ccc(C(F)(F)F)cc3)ccc2CCN1C(=O)CC1CCCC1)c1ccc(-c2ccccc2)cc1. The van der Waals surface area contributed by atoms with Crippen LogP contribution in [0.25, 0.3) is 11.1 Å². The number of ether oxygens (including phenoxy) is 1. The van der Waals surface area contributed by atoms with Crippen molar-refractivity contribution in [3.05, 3.63) is 125 Å². The van der Waals surface area contributed by atoms with Crippen molar-refractivity contribution >= 4 is 17.8 Å². The van der Waals surface area contributed by atoms with Crippen LogP contribution in [0.1, 0.15) is 78.4 Å². The molecule has 4 aromatic rings. The van der Waals surface area contributed by atoms with Crippen molar-refractivity contribution in [3.63, 3.8) is 0 Å². The molecule has 2 aliphatic rings. The van der Waals surface area contributed by atoms with Gasteiger partial charge < -0.3 is 20.1 Å². The van der Waals surface area contributed by atoms with E-state index in [0.717, 1.165) is 54.5 Å². The van der Waals surface area contributed by atoms with Crippen LogP contribution in [0.4, 0.5) is 13.2 Å². The van der Waals surface area contributed by atoms with E-state index < -0.39 is 35.7 Å². The van der Waals surface area contributed by atoms with Gasteiger partial charge >= 0.3 is 12.1 Å². The zero-order valence-corrected chi connectivity index (χ0v) is 27.5. The Balaban J connectivity index is 1.27. The zero-order chi connectivity index (χ0) is 35.3. The molecule has 6 rings (SSSR count). The van der Waals surface area contributed by atoms with Crippen LogP contribution in [0.2, 0.25) is 0 Å². The number of benzene rings is 4. The summed E-state index contributed by atoms with van der Waals surface area (Å²) < 4.78 is 45.1. The molecule has 260 valence electrons. The topological polar surface area (TPSA) is 95.9 Å². The van der Waals surface area contributed by atoms with Gasteiger partial charge in [-0.2, -0.15) is 13.2 Å². The maximum Gasteiger partial charge on any atom is 0.416 e. The molecule has 2 unspecified atom stereocenters. The molecule has 1 fully saturated rings. The largest absolute Gasteiger partial charge is 0.489 e. The van der Waals surface area contributed by atoms with Crippen LogP contribution < -0.4 is 10.1 Å². The quantitative estimate of drug-likeness (QED) is 0.166. The van der Waals surface area contributed by atoms with Gasteiger partial charge in [0.2, 0.25) is 11.8 Å². The van der Waals surface area contributed by atoms with Crippen LogP contribution in [-0.2, 0) is 33.6 Å². The van der Waals surface area contributed by atoms with Gasteiger partial charge in [0.1, 0.15) is 18.4 Å². The number of halogens is 3. The second-order valence-electron chi connectivity index (χ2n) is 13.1. The number of nitrogens with zero attached hydrogens (tertiary/aromatic N) is 1. The Hall–Kier alpha value is -5.12. The van der Waals surface area contributed by atoms with Crippen LogP contribution in [0, 0.1) is 5.92 Å². The Kier molecular flexibility index (Phi) is 10.6. The van der Waals surface area contributed by atoms with Gasteiger partial charge in [0.25, 0.3) is 0 Å². The smallest absolute Gasteiger partial charge is 0.416 e. The molecule has 0 radical (unpaired) electrons. The van der Waals surface area contributed by atoms with Crippen molar-refractivity contribution in [2.45, 2.75) is 69.8 Å². The van der Waals surface area contributed by atoms with Crippen molar-refractivity contribution in [3.8, 4) is 16.9 Å². The molecule has 2 amide bonds. The number of carbonyl (C=O) groups is 3.